The molecule has 0 unspecified atom stereocenters. The van der Waals surface area contributed by atoms with E-state index in [4.69, 9.17) is 11.6 Å². The number of benzene rings is 1. The molecule has 4 heteroatoms. The van der Waals surface area contributed by atoms with Gasteiger partial charge in [-0.1, -0.05) is 11.6 Å². The van der Waals surface area contributed by atoms with Crippen LogP contribution in [0.4, 0.5) is 4.39 Å². The number of halogens is 2. The molecule has 0 spiro atoms. The summed E-state index contributed by atoms with van der Waals surface area (Å²) in [5.41, 5.74) is 3.00. The molecule has 0 radical (unpaired) electrons. The van der Waals surface area contributed by atoms with E-state index in [0.717, 1.165) is 16.7 Å². The molecule has 2 rings (SSSR count). The van der Waals surface area contributed by atoms with E-state index >= 15 is 0 Å². The summed E-state index contributed by atoms with van der Waals surface area (Å²) in [5.74, 6) is -0.274. The lowest BCUT2D eigenvalue weighted by Crippen LogP contribution is -1.93. The molecule has 2 aromatic rings. The summed E-state index contributed by atoms with van der Waals surface area (Å²) in [5, 5.41) is 0.395. The van der Waals surface area contributed by atoms with Crippen molar-refractivity contribution in [1.82, 2.24) is 9.97 Å². The molecule has 0 saturated carbocycles. The van der Waals surface area contributed by atoms with Crippen molar-refractivity contribution in [3.8, 4) is 11.3 Å². The topological polar surface area (TPSA) is 25.8 Å². The largest absolute Gasteiger partial charge is 0.236 e. The van der Waals surface area contributed by atoms with Gasteiger partial charge in [-0.2, -0.15) is 0 Å². The average molecular weight is 237 g/mol. The lowest BCUT2D eigenvalue weighted by atomic mass is 10.1. The van der Waals surface area contributed by atoms with Gasteiger partial charge in [-0.05, 0) is 37.6 Å². The van der Waals surface area contributed by atoms with Crippen molar-refractivity contribution in [1.29, 1.82) is 0 Å². The predicted molar refractivity (Wildman–Crippen MR) is 61.9 cm³/mol. The summed E-state index contributed by atoms with van der Waals surface area (Å²) in [6, 6.07) is 4.79. The molecule has 2 nitrogen and oxygen atoms in total. The van der Waals surface area contributed by atoms with Gasteiger partial charge in [0.2, 0.25) is 0 Å². The fourth-order valence-electron chi connectivity index (χ4n) is 1.59. The van der Waals surface area contributed by atoms with Gasteiger partial charge in [0, 0.05) is 11.1 Å². The van der Waals surface area contributed by atoms with Gasteiger partial charge in [0.25, 0.3) is 0 Å². The minimum Gasteiger partial charge on any atom is -0.236 e. The molecule has 1 aromatic carbocycles. The minimum absolute atomic E-state index is 0.274. The Balaban J connectivity index is 2.63. The van der Waals surface area contributed by atoms with Crippen LogP contribution in [0.1, 0.15) is 11.1 Å². The van der Waals surface area contributed by atoms with Crippen LogP contribution >= 0.6 is 11.6 Å². The van der Waals surface area contributed by atoms with Crippen LogP contribution < -0.4 is 0 Å². The highest BCUT2D eigenvalue weighted by atomic mass is 35.5. The normalized spacial score (nSPS) is 10.5. The number of hydrogen-bond donors (Lipinski definition) is 0. The standard InChI is InChI=1S/C12H10ClFN2/c1-7-3-9(5-10(14)4-7)11-8(2)12(13)16-6-15-11/h3-6H,1-2H3. The van der Waals surface area contributed by atoms with Gasteiger partial charge >= 0.3 is 0 Å². The molecule has 0 N–H and O–H groups in total. The molecular weight excluding hydrogens is 227 g/mol. The zero-order chi connectivity index (χ0) is 11.7. The molecule has 0 aliphatic heterocycles. The summed E-state index contributed by atoms with van der Waals surface area (Å²) in [7, 11) is 0. The second kappa shape index (κ2) is 4.18. The Morgan fingerprint density at radius 2 is 1.88 bits per heavy atom. The monoisotopic (exact) mass is 236 g/mol. The predicted octanol–water partition coefficient (Wildman–Crippen LogP) is 3.55. The average Bonchev–Trinajstić information content (AvgIpc) is 2.20. The van der Waals surface area contributed by atoms with E-state index in [1.807, 2.05) is 19.9 Å². The van der Waals surface area contributed by atoms with Crippen molar-refractivity contribution in [2.75, 3.05) is 0 Å². The molecular formula is C12H10ClFN2. The molecule has 0 aliphatic rings. The third-order valence-electron chi connectivity index (χ3n) is 2.34. The van der Waals surface area contributed by atoms with Crippen LogP contribution in [0.2, 0.25) is 5.15 Å². The lowest BCUT2D eigenvalue weighted by molar-refractivity contribution is 0.627. The maximum atomic E-state index is 13.3. The van der Waals surface area contributed by atoms with Crippen LogP contribution in [0.15, 0.2) is 24.5 Å². The molecule has 16 heavy (non-hydrogen) atoms. The van der Waals surface area contributed by atoms with Gasteiger partial charge in [-0.15, -0.1) is 0 Å². The summed E-state index contributed by atoms with van der Waals surface area (Å²) >= 11 is 5.90. The second-order valence-corrected chi connectivity index (χ2v) is 4.01. The van der Waals surface area contributed by atoms with E-state index < -0.39 is 0 Å². The molecule has 1 aromatic heterocycles. The highest BCUT2D eigenvalue weighted by Gasteiger charge is 2.08. The Morgan fingerprint density at radius 1 is 1.12 bits per heavy atom. The Hall–Kier alpha value is -1.48. The molecule has 0 saturated heterocycles. The fraction of sp³-hybridized carbons (Fsp3) is 0.167. The van der Waals surface area contributed by atoms with E-state index in [2.05, 4.69) is 9.97 Å². The highest BCUT2D eigenvalue weighted by Crippen LogP contribution is 2.25. The fourth-order valence-corrected chi connectivity index (χ4v) is 1.73. The molecule has 1 heterocycles. The summed E-state index contributed by atoms with van der Waals surface area (Å²) < 4.78 is 13.3. The first kappa shape index (κ1) is 11.0. The van der Waals surface area contributed by atoms with E-state index in [1.165, 1.54) is 18.5 Å². The van der Waals surface area contributed by atoms with Crippen molar-refractivity contribution in [3.05, 3.63) is 46.6 Å². The summed E-state index contributed by atoms with van der Waals surface area (Å²) in [4.78, 5) is 8.00. The Bertz CT molecular complexity index is 520. The maximum Gasteiger partial charge on any atom is 0.135 e. The van der Waals surface area contributed by atoms with Crippen molar-refractivity contribution in [2.24, 2.45) is 0 Å². The number of aryl methyl sites for hydroxylation is 1. The van der Waals surface area contributed by atoms with Gasteiger partial charge in [-0.25, -0.2) is 14.4 Å². The molecule has 0 aliphatic carbocycles. The van der Waals surface area contributed by atoms with Crippen LogP contribution in [-0.2, 0) is 0 Å². The Labute approximate surface area is 98.1 Å². The van der Waals surface area contributed by atoms with Crippen LogP contribution in [0, 0.1) is 19.7 Å². The summed E-state index contributed by atoms with van der Waals surface area (Å²) in [6.07, 6.45) is 1.38. The van der Waals surface area contributed by atoms with Gasteiger partial charge in [-0.3, -0.25) is 0 Å². The molecule has 0 fully saturated rings. The molecule has 82 valence electrons. The van der Waals surface area contributed by atoms with E-state index in [1.54, 1.807) is 0 Å². The third kappa shape index (κ3) is 2.04. The van der Waals surface area contributed by atoms with Crippen molar-refractivity contribution >= 4 is 11.6 Å². The van der Waals surface area contributed by atoms with Crippen LogP contribution in [-0.4, -0.2) is 9.97 Å². The Morgan fingerprint density at radius 3 is 2.56 bits per heavy atom. The van der Waals surface area contributed by atoms with E-state index in [9.17, 15) is 4.39 Å². The summed E-state index contributed by atoms with van der Waals surface area (Å²) in [6.45, 7) is 3.66. The third-order valence-corrected chi connectivity index (χ3v) is 2.72. The first-order chi connectivity index (χ1) is 7.58. The minimum atomic E-state index is -0.274. The molecule has 0 amide bonds. The molecule has 0 bridgehead atoms. The first-order valence-corrected chi connectivity index (χ1v) is 5.20. The zero-order valence-electron chi connectivity index (χ0n) is 8.96. The zero-order valence-corrected chi connectivity index (χ0v) is 9.72. The number of rotatable bonds is 1. The number of aromatic nitrogens is 2. The first-order valence-electron chi connectivity index (χ1n) is 4.82. The smallest absolute Gasteiger partial charge is 0.135 e. The van der Waals surface area contributed by atoms with Crippen LogP contribution in [0.25, 0.3) is 11.3 Å². The van der Waals surface area contributed by atoms with Crippen molar-refractivity contribution in [2.45, 2.75) is 13.8 Å². The quantitative estimate of drug-likeness (QED) is 0.708. The maximum absolute atomic E-state index is 13.3. The van der Waals surface area contributed by atoms with Gasteiger partial charge in [0.05, 0.1) is 5.69 Å². The van der Waals surface area contributed by atoms with E-state index in [-0.39, 0.29) is 5.82 Å². The van der Waals surface area contributed by atoms with Crippen molar-refractivity contribution < 1.29 is 4.39 Å². The van der Waals surface area contributed by atoms with Crippen molar-refractivity contribution in [3.63, 3.8) is 0 Å². The van der Waals surface area contributed by atoms with Crippen LogP contribution in [0.5, 0.6) is 0 Å². The van der Waals surface area contributed by atoms with Crippen LogP contribution in [0.3, 0.4) is 0 Å². The SMILES string of the molecule is Cc1cc(F)cc(-c2ncnc(Cl)c2C)c1. The van der Waals surface area contributed by atoms with Gasteiger partial charge in [0.15, 0.2) is 0 Å². The Kier molecular flexibility index (Phi) is 2.88. The number of hydrogen-bond acceptors (Lipinski definition) is 2. The molecule has 0 atom stereocenters. The second-order valence-electron chi connectivity index (χ2n) is 3.66. The number of nitrogens with zero attached hydrogens (tertiary/aromatic N) is 2. The van der Waals surface area contributed by atoms with Gasteiger partial charge < -0.3 is 0 Å². The highest BCUT2D eigenvalue weighted by molar-refractivity contribution is 6.30. The van der Waals surface area contributed by atoms with Gasteiger partial charge in [0.1, 0.15) is 17.3 Å². The lowest BCUT2D eigenvalue weighted by Gasteiger charge is -2.06. The van der Waals surface area contributed by atoms with E-state index in [0.29, 0.717) is 10.8 Å².